The Bertz CT molecular complexity index is 1120. The smallest absolute Gasteiger partial charge is 0.261 e. The fourth-order valence-electron chi connectivity index (χ4n) is 2.92. The van der Waals surface area contributed by atoms with Crippen molar-refractivity contribution in [1.29, 1.82) is 0 Å². The van der Waals surface area contributed by atoms with Crippen LogP contribution in [0.25, 0.3) is 16.2 Å². The highest BCUT2D eigenvalue weighted by Crippen LogP contribution is 2.21. The summed E-state index contributed by atoms with van der Waals surface area (Å²) in [5, 5.41) is 15.0. The fraction of sp³-hybridized carbons (Fsp3) is 0.167. The summed E-state index contributed by atoms with van der Waals surface area (Å²) in [6.45, 7) is 4.06. The van der Waals surface area contributed by atoms with Gasteiger partial charge in [0.05, 0.1) is 11.7 Å². The number of nitrogens with one attached hydrogen (secondary N) is 1. The first kappa shape index (κ1) is 17.1. The number of carbonyl (C=O) groups is 1. The predicted molar refractivity (Wildman–Crippen MR) is 104 cm³/mol. The molecule has 0 spiro atoms. The second-order valence-electron chi connectivity index (χ2n) is 6.01. The number of aromatic nitrogens is 5. The van der Waals surface area contributed by atoms with E-state index in [4.69, 9.17) is 0 Å². The molecule has 136 valence electrons. The van der Waals surface area contributed by atoms with E-state index in [0.29, 0.717) is 0 Å². The third-order valence-corrected chi connectivity index (χ3v) is 4.94. The second-order valence-corrected chi connectivity index (χ2v) is 6.88. The molecule has 0 fully saturated rings. The van der Waals surface area contributed by atoms with E-state index in [1.807, 2.05) is 49.6 Å². The van der Waals surface area contributed by atoms with Crippen LogP contribution in [-0.2, 0) is 11.3 Å². The molecule has 3 heterocycles. The minimum atomic E-state index is -0.268. The van der Waals surface area contributed by atoms with Crippen molar-refractivity contribution in [2.75, 3.05) is 0 Å². The first-order valence-electron chi connectivity index (χ1n) is 8.32. The zero-order valence-corrected chi connectivity index (χ0v) is 15.6. The summed E-state index contributed by atoms with van der Waals surface area (Å²) in [5.74, 6) is -0.268. The Hall–Kier alpha value is -3.33. The number of rotatable bonds is 5. The average molecular weight is 379 g/mol. The average Bonchev–Trinajstić information content (AvgIpc) is 3.37. The van der Waals surface area contributed by atoms with Gasteiger partial charge >= 0.3 is 0 Å². The van der Waals surface area contributed by atoms with Gasteiger partial charge < -0.3 is 0 Å². The number of para-hydroxylation sites is 1. The Labute approximate surface area is 159 Å². The molecular weight excluding hydrogens is 362 g/mol. The number of thiazole rings is 1. The number of aryl methyl sites for hydroxylation is 1. The molecule has 0 atom stereocenters. The molecule has 0 radical (unpaired) electrons. The van der Waals surface area contributed by atoms with Crippen LogP contribution in [0.4, 0.5) is 0 Å². The van der Waals surface area contributed by atoms with Gasteiger partial charge in [-0.3, -0.25) is 9.36 Å². The molecule has 3 aromatic heterocycles. The van der Waals surface area contributed by atoms with Crippen LogP contribution >= 0.6 is 11.3 Å². The zero-order chi connectivity index (χ0) is 18.8. The maximum Gasteiger partial charge on any atom is 0.261 e. The van der Waals surface area contributed by atoms with Crippen LogP contribution in [-0.4, -0.2) is 36.7 Å². The van der Waals surface area contributed by atoms with E-state index in [2.05, 4.69) is 30.4 Å². The molecule has 4 rings (SSSR count). The van der Waals surface area contributed by atoms with Gasteiger partial charge in [-0.2, -0.15) is 5.10 Å². The Morgan fingerprint density at radius 1 is 1.33 bits per heavy atom. The molecule has 1 amide bonds. The van der Waals surface area contributed by atoms with Crippen LogP contribution in [0.5, 0.6) is 0 Å². The number of nitrogens with zero attached hydrogens (tertiary/aromatic N) is 6. The second kappa shape index (κ2) is 7.12. The molecule has 0 aliphatic carbocycles. The van der Waals surface area contributed by atoms with Crippen molar-refractivity contribution in [3.8, 4) is 5.13 Å². The summed E-state index contributed by atoms with van der Waals surface area (Å²) in [6.07, 6.45) is 3.42. The Morgan fingerprint density at radius 3 is 3.00 bits per heavy atom. The van der Waals surface area contributed by atoms with E-state index in [0.717, 1.165) is 33.1 Å². The monoisotopic (exact) mass is 379 g/mol. The maximum absolute atomic E-state index is 12.2. The predicted octanol–water partition coefficient (Wildman–Crippen LogP) is 2.45. The molecule has 0 saturated heterocycles. The number of hydrogen-bond donors (Lipinski definition) is 1. The summed E-state index contributed by atoms with van der Waals surface area (Å²) in [5.41, 5.74) is 7.11. The van der Waals surface area contributed by atoms with Crippen molar-refractivity contribution in [3.63, 3.8) is 0 Å². The molecule has 0 saturated carbocycles. The number of fused-ring (bicyclic) bond motifs is 1. The summed E-state index contributed by atoms with van der Waals surface area (Å²) < 4.78 is 3.61. The largest absolute Gasteiger partial charge is 0.294 e. The third-order valence-electron chi connectivity index (χ3n) is 4.19. The van der Waals surface area contributed by atoms with Crippen LogP contribution in [0, 0.1) is 13.8 Å². The van der Waals surface area contributed by atoms with E-state index in [9.17, 15) is 4.79 Å². The van der Waals surface area contributed by atoms with E-state index in [1.54, 1.807) is 28.4 Å². The minimum absolute atomic E-state index is 0.0516. The fourth-order valence-corrected chi connectivity index (χ4v) is 3.67. The van der Waals surface area contributed by atoms with Crippen molar-refractivity contribution in [2.24, 2.45) is 5.10 Å². The molecule has 27 heavy (non-hydrogen) atoms. The number of carbonyl (C=O) groups excluding carboxylic acids is 1. The lowest BCUT2D eigenvalue weighted by molar-refractivity contribution is -0.121. The molecular formula is C18H17N7OS. The van der Waals surface area contributed by atoms with Crippen LogP contribution in [0.15, 0.2) is 47.0 Å². The lowest BCUT2D eigenvalue weighted by Gasteiger charge is -2.04. The van der Waals surface area contributed by atoms with Crippen LogP contribution in [0.2, 0.25) is 0 Å². The van der Waals surface area contributed by atoms with Gasteiger partial charge in [0.25, 0.3) is 5.91 Å². The topological polar surface area (TPSA) is 90.0 Å². The summed E-state index contributed by atoms with van der Waals surface area (Å²) in [6, 6.07) is 9.51. The zero-order valence-electron chi connectivity index (χ0n) is 14.8. The molecule has 0 unspecified atom stereocenters. The van der Waals surface area contributed by atoms with Crippen LogP contribution in [0.1, 0.15) is 17.0 Å². The van der Waals surface area contributed by atoms with Gasteiger partial charge in [-0.15, -0.1) is 16.4 Å². The van der Waals surface area contributed by atoms with Gasteiger partial charge in [0.1, 0.15) is 12.1 Å². The number of hydrogen-bond acceptors (Lipinski definition) is 6. The van der Waals surface area contributed by atoms with E-state index < -0.39 is 0 Å². The molecule has 0 bridgehead atoms. The van der Waals surface area contributed by atoms with Gasteiger partial charge in [0, 0.05) is 28.5 Å². The van der Waals surface area contributed by atoms with Crippen molar-refractivity contribution in [2.45, 2.75) is 20.4 Å². The number of amides is 1. The first-order valence-corrected chi connectivity index (χ1v) is 9.20. The van der Waals surface area contributed by atoms with Gasteiger partial charge in [0.2, 0.25) is 0 Å². The third kappa shape index (κ3) is 3.36. The van der Waals surface area contributed by atoms with Gasteiger partial charge in [-0.25, -0.2) is 15.1 Å². The summed E-state index contributed by atoms with van der Waals surface area (Å²) in [4.78, 5) is 16.5. The van der Waals surface area contributed by atoms with Gasteiger partial charge in [-0.05, 0) is 32.0 Å². The van der Waals surface area contributed by atoms with E-state index >= 15 is 0 Å². The Balaban J connectivity index is 1.45. The lowest BCUT2D eigenvalue weighted by Crippen LogP contribution is -2.23. The number of benzene rings is 1. The standard InChI is InChI=1S/C18H17N7OS/c1-12-9-14(13(2)25(12)18-19-7-8-27-18)10-20-22-17(26)11-24-16-6-4-3-5-15(16)21-23-24/h3-10H,11H2,1-2H3,(H,22,26)/b20-10-. The van der Waals surface area contributed by atoms with E-state index in [-0.39, 0.29) is 12.5 Å². The highest BCUT2D eigenvalue weighted by molar-refractivity contribution is 7.12. The van der Waals surface area contributed by atoms with Gasteiger partial charge in [0.15, 0.2) is 5.13 Å². The molecule has 1 aromatic carbocycles. The minimum Gasteiger partial charge on any atom is -0.294 e. The summed E-state index contributed by atoms with van der Waals surface area (Å²) in [7, 11) is 0. The van der Waals surface area contributed by atoms with Crippen molar-refractivity contribution >= 4 is 34.5 Å². The highest BCUT2D eigenvalue weighted by atomic mass is 32.1. The van der Waals surface area contributed by atoms with Gasteiger partial charge in [-0.1, -0.05) is 17.3 Å². The van der Waals surface area contributed by atoms with E-state index in [1.165, 1.54) is 0 Å². The molecule has 9 heteroatoms. The maximum atomic E-state index is 12.2. The number of hydrazone groups is 1. The highest BCUT2D eigenvalue weighted by Gasteiger charge is 2.11. The van der Waals surface area contributed by atoms with Crippen molar-refractivity contribution < 1.29 is 4.79 Å². The van der Waals surface area contributed by atoms with Crippen molar-refractivity contribution in [3.05, 3.63) is 58.9 Å². The first-order chi connectivity index (χ1) is 13.1. The quantitative estimate of drug-likeness (QED) is 0.426. The Kier molecular flexibility index (Phi) is 4.51. The Morgan fingerprint density at radius 2 is 2.19 bits per heavy atom. The van der Waals surface area contributed by atoms with Crippen molar-refractivity contribution in [1.82, 2.24) is 30.0 Å². The van der Waals surface area contributed by atoms with Crippen LogP contribution < -0.4 is 5.43 Å². The SMILES string of the molecule is Cc1cc(/C=N\NC(=O)Cn2nnc3ccccc32)c(C)n1-c1nccs1. The molecule has 0 aliphatic heterocycles. The molecule has 0 aliphatic rings. The van der Waals surface area contributed by atoms with Crippen LogP contribution in [0.3, 0.4) is 0 Å². The summed E-state index contributed by atoms with van der Waals surface area (Å²) >= 11 is 1.57. The lowest BCUT2D eigenvalue weighted by atomic mass is 10.3. The normalized spacial score (nSPS) is 11.5. The molecule has 1 N–H and O–H groups in total. The molecule has 4 aromatic rings. The molecule has 8 nitrogen and oxygen atoms in total.